The minimum atomic E-state index is 0.787. The molecule has 1 aromatic heterocycles. The summed E-state index contributed by atoms with van der Waals surface area (Å²) >= 11 is 6.01. The van der Waals surface area contributed by atoms with Gasteiger partial charge in [-0.3, -0.25) is 4.68 Å². The van der Waals surface area contributed by atoms with Gasteiger partial charge >= 0.3 is 0 Å². The van der Waals surface area contributed by atoms with Gasteiger partial charge in [0.2, 0.25) is 0 Å². The summed E-state index contributed by atoms with van der Waals surface area (Å²) in [5.74, 6) is 0. The standard InChI is InChI=1S/C20H37ClN2/c1-3-4-5-6-7-8-9-10-11-12-13-14-15-16-17-23-18-20(21)19(2)22-23/h18H,3-17H2,1-2H3. The van der Waals surface area contributed by atoms with Gasteiger partial charge in [0, 0.05) is 12.7 Å². The van der Waals surface area contributed by atoms with Crippen LogP contribution in [0.3, 0.4) is 0 Å². The predicted octanol–water partition coefficient (Wildman–Crippen LogP) is 7.33. The summed E-state index contributed by atoms with van der Waals surface area (Å²) in [6, 6.07) is 0. The Balaban J connectivity index is 1.78. The first-order valence-corrected chi connectivity index (χ1v) is 10.3. The molecule has 134 valence electrons. The molecular formula is C20H37ClN2. The highest BCUT2D eigenvalue weighted by Gasteiger charge is 2.01. The highest BCUT2D eigenvalue weighted by Crippen LogP contribution is 2.14. The van der Waals surface area contributed by atoms with Gasteiger partial charge in [-0.05, 0) is 13.3 Å². The fourth-order valence-corrected chi connectivity index (χ4v) is 3.23. The van der Waals surface area contributed by atoms with Crippen molar-refractivity contribution in [3.63, 3.8) is 0 Å². The molecule has 1 aromatic rings. The third kappa shape index (κ3) is 10.8. The van der Waals surface area contributed by atoms with E-state index in [1.165, 1.54) is 89.9 Å². The zero-order valence-electron chi connectivity index (χ0n) is 15.5. The van der Waals surface area contributed by atoms with E-state index in [4.69, 9.17) is 11.6 Å². The molecule has 0 aliphatic rings. The molecule has 0 amide bonds. The largest absolute Gasteiger partial charge is 0.271 e. The lowest BCUT2D eigenvalue weighted by atomic mass is 10.0. The summed E-state index contributed by atoms with van der Waals surface area (Å²) in [7, 11) is 0. The predicted molar refractivity (Wildman–Crippen MR) is 102 cm³/mol. The van der Waals surface area contributed by atoms with Crippen LogP contribution in [0.1, 0.15) is 103 Å². The van der Waals surface area contributed by atoms with Crippen LogP contribution in [0.25, 0.3) is 0 Å². The highest BCUT2D eigenvalue weighted by molar-refractivity contribution is 6.31. The highest BCUT2D eigenvalue weighted by atomic mass is 35.5. The van der Waals surface area contributed by atoms with Crippen molar-refractivity contribution in [1.29, 1.82) is 0 Å². The van der Waals surface area contributed by atoms with Crippen LogP contribution in [-0.2, 0) is 6.54 Å². The zero-order chi connectivity index (χ0) is 16.8. The van der Waals surface area contributed by atoms with E-state index in [2.05, 4.69) is 12.0 Å². The smallest absolute Gasteiger partial charge is 0.0814 e. The van der Waals surface area contributed by atoms with Crippen LogP contribution in [0.2, 0.25) is 5.02 Å². The van der Waals surface area contributed by atoms with Gasteiger partial charge in [0.05, 0.1) is 10.7 Å². The third-order valence-corrected chi connectivity index (χ3v) is 5.00. The Labute approximate surface area is 149 Å². The van der Waals surface area contributed by atoms with Crippen molar-refractivity contribution in [3.05, 3.63) is 16.9 Å². The maximum atomic E-state index is 6.01. The number of unbranched alkanes of at least 4 members (excludes halogenated alkanes) is 13. The van der Waals surface area contributed by atoms with Crippen molar-refractivity contribution in [2.24, 2.45) is 0 Å². The van der Waals surface area contributed by atoms with Crippen molar-refractivity contribution >= 4 is 11.6 Å². The minimum absolute atomic E-state index is 0.787. The van der Waals surface area contributed by atoms with Gasteiger partial charge in [-0.15, -0.1) is 0 Å². The fourth-order valence-electron chi connectivity index (χ4n) is 3.08. The summed E-state index contributed by atoms with van der Waals surface area (Å²) in [6.45, 7) is 5.25. The fraction of sp³-hybridized carbons (Fsp3) is 0.850. The van der Waals surface area contributed by atoms with Crippen LogP contribution in [-0.4, -0.2) is 9.78 Å². The van der Waals surface area contributed by atoms with E-state index in [1.807, 2.05) is 17.8 Å². The number of halogens is 1. The van der Waals surface area contributed by atoms with Crippen molar-refractivity contribution < 1.29 is 0 Å². The molecule has 0 bridgehead atoms. The molecule has 23 heavy (non-hydrogen) atoms. The van der Waals surface area contributed by atoms with Gasteiger partial charge < -0.3 is 0 Å². The van der Waals surface area contributed by atoms with Crippen LogP contribution < -0.4 is 0 Å². The molecule has 0 unspecified atom stereocenters. The Morgan fingerprint density at radius 2 is 1.22 bits per heavy atom. The van der Waals surface area contributed by atoms with Crippen LogP contribution >= 0.6 is 11.6 Å². The number of aryl methyl sites for hydroxylation is 2. The molecular weight excluding hydrogens is 304 g/mol. The van der Waals surface area contributed by atoms with Crippen molar-refractivity contribution in [1.82, 2.24) is 9.78 Å². The molecule has 0 atom stereocenters. The number of hydrogen-bond donors (Lipinski definition) is 0. The van der Waals surface area contributed by atoms with Gasteiger partial charge in [0.25, 0.3) is 0 Å². The monoisotopic (exact) mass is 340 g/mol. The lowest BCUT2D eigenvalue weighted by molar-refractivity contribution is 0.510. The number of hydrogen-bond acceptors (Lipinski definition) is 1. The molecule has 3 heteroatoms. The Hall–Kier alpha value is -0.500. The molecule has 0 N–H and O–H groups in total. The van der Waals surface area contributed by atoms with Crippen LogP contribution in [0, 0.1) is 6.92 Å². The van der Waals surface area contributed by atoms with E-state index in [-0.39, 0.29) is 0 Å². The third-order valence-electron chi connectivity index (χ3n) is 4.63. The minimum Gasteiger partial charge on any atom is -0.271 e. The lowest BCUT2D eigenvalue weighted by Gasteiger charge is -2.03. The first-order chi connectivity index (χ1) is 11.2. The second-order valence-corrected chi connectivity index (χ2v) is 7.33. The second kappa shape index (κ2) is 13.9. The zero-order valence-corrected chi connectivity index (χ0v) is 16.2. The number of rotatable bonds is 15. The quantitative estimate of drug-likeness (QED) is 0.306. The van der Waals surface area contributed by atoms with E-state index in [1.54, 1.807) is 0 Å². The lowest BCUT2D eigenvalue weighted by Crippen LogP contribution is -1.98. The van der Waals surface area contributed by atoms with E-state index < -0.39 is 0 Å². The molecule has 0 saturated carbocycles. The van der Waals surface area contributed by atoms with Crippen molar-refractivity contribution in [2.45, 2.75) is 110 Å². The Kier molecular flexibility index (Phi) is 12.4. The van der Waals surface area contributed by atoms with Crippen LogP contribution in [0.4, 0.5) is 0 Å². The maximum Gasteiger partial charge on any atom is 0.0814 e. The normalized spacial score (nSPS) is 11.3. The Morgan fingerprint density at radius 1 is 0.783 bits per heavy atom. The van der Waals surface area contributed by atoms with E-state index in [9.17, 15) is 0 Å². The Morgan fingerprint density at radius 3 is 1.61 bits per heavy atom. The molecule has 1 heterocycles. The summed E-state index contributed by atoms with van der Waals surface area (Å²) < 4.78 is 1.98. The molecule has 0 fully saturated rings. The van der Waals surface area contributed by atoms with Crippen molar-refractivity contribution in [3.8, 4) is 0 Å². The van der Waals surface area contributed by atoms with Gasteiger partial charge in [0.15, 0.2) is 0 Å². The molecule has 0 spiro atoms. The van der Waals surface area contributed by atoms with Crippen LogP contribution in [0.15, 0.2) is 6.20 Å². The van der Waals surface area contributed by atoms with E-state index >= 15 is 0 Å². The average Bonchev–Trinajstić information content (AvgIpc) is 2.86. The maximum absolute atomic E-state index is 6.01. The van der Waals surface area contributed by atoms with Gasteiger partial charge in [0.1, 0.15) is 0 Å². The summed E-state index contributed by atoms with van der Waals surface area (Å²) in [5.41, 5.74) is 0.942. The van der Waals surface area contributed by atoms with Gasteiger partial charge in [-0.25, -0.2) is 0 Å². The molecule has 1 rings (SSSR count). The summed E-state index contributed by atoms with van der Waals surface area (Å²) in [5, 5.41) is 5.18. The Bertz CT molecular complexity index is 367. The number of aromatic nitrogens is 2. The van der Waals surface area contributed by atoms with Gasteiger partial charge in [-0.2, -0.15) is 5.10 Å². The second-order valence-electron chi connectivity index (χ2n) is 6.92. The first kappa shape index (κ1) is 20.5. The van der Waals surface area contributed by atoms with Crippen molar-refractivity contribution in [2.75, 3.05) is 0 Å². The number of nitrogens with zero attached hydrogens (tertiary/aromatic N) is 2. The molecule has 0 aliphatic heterocycles. The summed E-state index contributed by atoms with van der Waals surface area (Å²) in [4.78, 5) is 0. The average molecular weight is 341 g/mol. The topological polar surface area (TPSA) is 17.8 Å². The SMILES string of the molecule is CCCCCCCCCCCCCCCCn1cc(Cl)c(C)n1. The molecule has 0 aliphatic carbocycles. The van der Waals surface area contributed by atoms with E-state index in [0.717, 1.165) is 17.3 Å². The van der Waals surface area contributed by atoms with E-state index in [0.29, 0.717) is 0 Å². The molecule has 0 radical (unpaired) electrons. The molecule has 0 saturated heterocycles. The van der Waals surface area contributed by atoms with Crippen LogP contribution in [0.5, 0.6) is 0 Å². The van der Waals surface area contributed by atoms with Gasteiger partial charge in [-0.1, -0.05) is 102 Å². The summed E-state index contributed by atoms with van der Waals surface area (Å²) in [6.07, 6.45) is 21.6. The first-order valence-electron chi connectivity index (χ1n) is 9.93. The molecule has 2 nitrogen and oxygen atoms in total. The molecule has 0 aromatic carbocycles.